The van der Waals surface area contributed by atoms with E-state index >= 15 is 0 Å². The number of ether oxygens (including phenoxy) is 4. The summed E-state index contributed by atoms with van der Waals surface area (Å²) < 4.78 is 21.0. The number of hydrogen-bond acceptors (Lipinski definition) is 5. The highest BCUT2D eigenvalue weighted by Gasteiger charge is 2.26. The lowest BCUT2D eigenvalue weighted by Crippen LogP contribution is -2.32. The van der Waals surface area contributed by atoms with E-state index < -0.39 is 0 Å². The molecule has 5 heteroatoms. The topological polar surface area (TPSA) is 54.0 Å². The van der Waals surface area contributed by atoms with E-state index in [-0.39, 0.29) is 18.2 Å². The minimum absolute atomic E-state index is 0.0775. The predicted molar refractivity (Wildman–Crippen MR) is 78.5 cm³/mol. The van der Waals surface area contributed by atoms with Gasteiger partial charge >= 0.3 is 5.97 Å². The van der Waals surface area contributed by atoms with Crippen LogP contribution < -0.4 is 9.47 Å². The molecule has 0 bridgehead atoms. The van der Waals surface area contributed by atoms with Crippen molar-refractivity contribution in [3.8, 4) is 11.5 Å². The highest BCUT2D eigenvalue weighted by molar-refractivity contribution is 5.71. The van der Waals surface area contributed by atoms with Crippen molar-refractivity contribution in [2.24, 2.45) is 0 Å². The van der Waals surface area contributed by atoms with Crippen LogP contribution in [0.5, 0.6) is 11.5 Å². The summed E-state index contributed by atoms with van der Waals surface area (Å²) in [6.45, 7) is 0. The molecule has 1 fully saturated rings. The average molecular weight is 292 g/mol. The Morgan fingerprint density at radius 1 is 1.19 bits per heavy atom. The van der Waals surface area contributed by atoms with Gasteiger partial charge in [-0.25, -0.2) is 0 Å². The summed E-state index contributed by atoms with van der Waals surface area (Å²) in [5, 5.41) is 0. The van der Waals surface area contributed by atoms with Crippen molar-refractivity contribution in [2.75, 3.05) is 21.3 Å². The Hall–Kier alpha value is -2.01. The number of carbonyl (C=O) groups is 1. The molecule has 2 unspecified atom stereocenters. The van der Waals surface area contributed by atoms with E-state index in [1.54, 1.807) is 21.3 Å². The monoisotopic (exact) mass is 292 g/mol. The maximum Gasteiger partial charge on any atom is 0.309 e. The van der Waals surface area contributed by atoms with Crippen molar-refractivity contribution in [1.29, 1.82) is 0 Å². The summed E-state index contributed by atoms with van der Waals surface area (Å²) in [7, 11) is 4.80. The first-order valence-electron chi connectivity index (χ1n) is 6.78. The van der Waals surface area contributed by atoms with Crippen LogP contribution in [0, 0.1) is 0 Å². The maximum absolute atomic E-state index is 11.5. The van der Waals surface area contributed by atoms with Crippen molar-refractivity contribution in [1.82, 2.24) is 0 Å². The maximum atomic E-state index is 11.5. The van der Waals surface area contributed by atoms with Crippen LogP contribution >= 0.6 is 0 Å². The molecule has 0 saturated carbocycles. The van der Waals surface area contributed by atoms with E-state index in [1.165, 1.54) is 0 Å². The number of rotatable bonds is 5. The van der Waals surface area contributed by atoms with Crippen LogP contribution in [0.25, 0.3) is 6.08 Å². The molecule has 0 aromatic heterocycles. The van der Waals surface area contributed by atoms with Crippen molar-refractivity contribution >= 4 is 12.0 Å². The zero-order valence-electron chi connectivity index (χ0n) is 12.5. The first-order valence-corrected chi connectivity index (χ1v) is 6.78. The molecule has 0 amide bonds. The zero-order chi connectivity index (χ0) is 15.2. The fourth-order valence-electron chi connectivity index (χ4n) is 2.27. The molecule has 21 heavy (non-hydrogen) atoms. The third-order valence-electron chi connectivity index (χ3n) is 3.42. The quantitative estimate of drug-likeness (QED) is 0.780. The van der Waals surface area contributed by atoms with Crippen LogP contribution in [0.3, 0.4) is 0 Å². The Bertz CT molecular complexity index is 523. The first kappa shape index (κ1) is 15.4. The molecule has 0 spiro atoms. The Labute approximate surface area is 124 Å². The number of methoxy groups -OCH3 is 3. The molecule has 114 valence electrons. The van der Waals surface area contributed by atoms with E-state index in [4.69, 9.17) is 18.9 Å². The highest BCUT2D eigenvalue weighted by Crippen LogP contribution is 2.28. The lowest BCUT2D eigenvalue weighted by Gasteiger charge is -2.25. The molecule has 2 rings (SSSR count). The van der Waals surface area contributed by atoms with Gasteiger partial charge in [-0.1, -0.05) is 12.1 Å². The Morgan fingerprint density at radius 2 is 1.95 bits per heavy atom. The van der Waals surface area contributed by atoms with E-state index in [1.807, 2.05) is 30.4 Å². The smallest absolute Gasteiger partial charge is 0.309 e. The molecular formula is C16H20O5. The molecule has 1 aliphatic rings. The second-order valence-electron chi connectivity index (χ2n) is 4.80. The van der Waals surface area contributed by atoms with E-state index in [9.17, 15) is 4.79 Å². The number of cyclic esters (lactones) is 1. The molecule has 1 saturated heterocycles. The van der Waals surface area contributed by atoms with Gasteiger partial charge in [0.05, 0.1) is 26.7 Å². The second-order valence-corrected chi connectivity index (χ2v) is 4.80. The van der Waals surface area contributed by atoms with Gasteiger partial charge in [0, 0.05) is 13.5 Å². The van der Waals surface area contributed by atoms with Crippen molar-refractivity contribution in [3.63, 3.8) is 0 Å². The first-order chi connectivity index (χ1) is 10.2. The molecule has 1 aromatic rings. The lowest BCUT2D eigenvalue weighted by molar-refractivity contribution is -0.157. The Kier molecular flexibility index (Phi) is 5.22. The van der Waals surface area contributed by atoms with E-state index in [2.05, 4.69) is 0 Å². The Balaban J connectivity index is 2.08. The predicted octanol–water partition coefficient (Wildman–Crippen LogP) is 2.44. The van der Waals surface area contributed by atoms with Gasteiger partial charge in [-0.05, 0) is 23.8 Å². The highest BCUT2D eigenvalue weighted by atomic mass is 16.6. The minimum Gasteiger partial charge on any atom is -0.493 e. The van der Waals surface area contributed by atoms with Crippen molar-refractivity contribution < 1.29 is 23.7 Å². The molecular weight excluding hydrogens is 272 g/mol. The summed E-state index contributed by atoms with van der Waals surface area (Å²) in [6, 6.07) is 5.62. The normalized spacial score (nSPS) is 22.1. The van der Waals surface area contributed by atoms with Crippen LogP contribution in [0.15, 0.2) is 24.3 Å². The molecule has 0 radical (unpaired) electrons. The number of benzene rings is 1. The van der Waals surface area contributed by atoms with E-state index in [0.717, 1.165) is 5.56 Å². The molecule has 1 aromatic carbocycles. The molecule has 2 atom stereocenters. The van der Waals surface area contributed by atoms with Crippen LogP contribution in [0.2, 0.25) is 0 Å². The fourth-order valence-corrected chi connectivity index (χ4v) is 2.27. The Morgan fingerprint density at radius 3 is 2.62 bits per heavy atom. The SMILES string of the molecule is COc1ccc(C=CC2CC(OC)CC(=O)O2)cc1OC. The van der Waals surface area contributed by atoms with Crippen molar-refractivity contribution in [3.05, 3.63) is 29.8 Å². The van der Waals surface area contributed by atoms with Crippen molar-refractivity contribution in [2.45, 2.75) is 25.0 Å². The van der Waals surface area contributed by atoms with Gasteiger partial charge < -0.3 is 18.9 Å². The molecule has 1 heterocycles. The summed E-state index contributed by atoms with van der Waals surface area (Å²) in [4.78, 5) is 11.5. The summed E-state index contributed by atoms with van der Waals surface area (Å²) >= 11 is 0. The van der Waals surface area contributed by atoms with Gasteiger partial charge in [0.25, 0.3) is 0 Å². The molecule has 5 nitrogen and oxygen atoms in total. The second kappa shape index (κ2) is 7.13. The number of carbonyl (C=O) groups excluding carboxylic acids is 1. The van der Waals surface area contributed by atoms with Gasteiger partial charge in [0.2, 0.25) is 0 Å². The molecule has 0 aliphatic carbocycles. The van der Waals surface area contributed by atoms with Gasteiger partial charge in [-0.3, -0.25) is 4.79 Å². The standard InChI is InChI=1S/C16H20O5/c1-18-13-9-12(21-16(17)10-13)6-4-11-5-7-14(19-2)15(8-11)20-3/h4-8,12-13H,9-10H2,1-3H3. The third kappa shape index (κ3) is 3.98. The van der Waals surface area contributed by atoms with Crippen LogP contribution in [-0.4, -0.2) is 39.5 Å². The van der Waals surface area contributed by atoms with Crippen LogP contribution in [0.1, 0.15) is 18.4 Å². The summed E-state index contributed by atoms with van der Waals surface area (Å²) in [6.07, 6.45) is 4.42. The zero-order valence-corrected chi connectivity index (χ0v) is 12.5. The minimum atomic E-state index is -0.260. The molecule has 0 N–H and O–H groups in total. The lowest BCUT2D eigenvalue weighted by atomic mass is 10.0. The van der Waals surface area contributed by atoms with Gasteiger partial charge in [0.15, 0.2) is 11.5 Å². The fraction of sp³-hybridized carbons (Fsp3) is 0.438. The summed E-state index contributed by atoms with van der Waals surface area (Å²) in [5.74, 6) is 1.11. The summed E-state index contributed by atoms with van der Waals surface area (Å²) in [5.41, 5.74) is 0.947. The largest absolute Gasteiger partial charge is 0.493 e. The molecule has 1 aliphatic heterocycles. The number of esters is 1. The van der Waals surface area contributed by atoms with Gasteiger partial charge in [-0.2, -0.15) is 0 Å². The van der Waals surface area contributed by atoms with Gasteiger partial charge in [0.1, 0.15) is 6.10 Å². The van der Waals surface area contributed by atoms with Crippen LogP contribution in [-0.2, 0) is 14.3 Å². The van der Waals surface area contributed by atoms with Gasteiger partial charge in [-0.15, -0.1) is 0 Å². The average Bonchev–Trinajstić information content (AvgIpc) is 2.52. The third-order valence-corrected chi connectivity index (χ3v) is 3.42. The van der Waals surface area contributed by atoms with E-state index in [0.29, 0.717) is 24.3 Å². The number of hydrogen-bond donors (Lipinski definition) is 0. The van der Waals surface area contributed by atoms with Crippen LogP contribution in [0.4, 0.5) is 0 Å².